The summed E-state index contributed by atoms with van der Waals surface area (Å²) >= 11 is 1.72. The molecule has 0 atom stereocenters. The number of hydrogen-bond donors (Lipinski definition) is 0. The highest BCUT2D eigenvalue weighted by molar-refractivity contribution is 7.19. The Morgan fingerprint density at radius 3 is 1.80 bits per heavy atom. The van der Waals surface area contributed by atoms with Crippen LogP contribution in [-0.2, 0) is 0 Å². The van der Waals surface area contributed by atoms with Crippen LogP contribution in [0.4, 0.5) is 5.69 Å². The van der Waals surface area contributed by atoms with E-state index < -0.39 is 0 Å². The highest BCUT2D eigenvalue weighted by atomic mass is 32.1. The van der Waals surface area contributed by atoms with Gasteiger partial charge in [0.05, 0.1) is 10.2 Å². The summed E-state index contributed by atoms with van der Waals surface area (Å²) in [6.45, 7) is 6.45. The number of para-hydroxylation sites is 1. The van der Waals surface area contributed by atoms with E-state index in [1.54, 1.807) is 11.3 Å². The predicted octanol–water partition coefficient (Wildman–Crippen LogP) is 7.48. The van der Waals surface area contributed by atoms with Crippen LogP contribution in [-0.4, -0.2) is 18.1 Å². The van der Waals surface area contributed by atoms with Crippen molar-refractivity contribution in [3.63, 3.8) is 0 Å². The van der Waals surface area contributed by atoms with E-state index in [0.29, 0.717) is 0 Å². The molecule has 4 aromatic rings. The van der Waals surface area contributed by atoms with Crippen molar-refractivity contribution in [3.8, 4) is 0 Å². The average molecular weight is 411 g/mol. The van der Waals surface area contributed by atoms with Crippen molar-refractivity contribution in [1.82, 2.24) is 4.98 Å². The SMILES string of the molecule is CCN(CC)c1ccc(/C=C/c2ccc(/C=C/c3nc4ccccc4s3)cc2)cc1. The number of fused-ring (bicyclic) bond motifs is 1. The van der Waals surface area contributed by atoms with Crippen LogP contribution in [0, 0.1) is 0 Å². The van der Waals surface area contributed by atoms with Crippen LogP contribution in [0.15, 0.2) is 72.8 Å². The Balaban J connectivity index is 1.40. The van der Waals surface area contributed by atoms with E-state index in [1.807, 2.05) is 6.07 Å². The molecule has 3 heteroatoms. The molecule has 2 nitrogen and oxygen atoms in total. The van der Waals surface area contributed by atoms with E-state index in [0.717, 1.165) is 23.6 Å². The molecule has 4 rings (SSSR count). The van der Waals surface area contributed by atoms with Crippen molar-refractivity contribution >= 4 is 51.5 Å². The van der Waals surface area contributed by atoms with Crippen molar-refractivity contribution in [2.24, 2.45) is 0 Å². The number of benzene rings is 3. The molecule has 30 heavy (non-hydrogen) atoms. The van der Waals surface area contributed by atoms with Crippen molar-refractivity contribution in [2.45, 2.75) is 13.8 Å². The van der Waals surface area contributed by atoms with Gasteiger partial charge < -0.3 is 4.90 Å². The summed E-state index contributed by atoms with van der Waals surface area (Å²) in [7, 11) is 0. The molecule has 0 radical (unpaired) electrons. The van der Waals surface area contributed by atoms with Gasteiger partial charge in [0.2, 0.25) is 0 Å². The van der Waals surface area contributed by atoms with Gasteiger partial charge in [0.25, 0.3) is 0 Å². The van der Waals surface area contributed by atoms with Gasteiger partial charge in [0, 0.05) is 18.8 Å². The van der Waals surface area contributed by atoms with E-state index >= 15 is 0 Å². The fourth-order valence-electron chi connectivity index (χ4n) is 3.42. The van der Waals surface area contributed by atoms with Crippen molar-refractivity contribution in [2.75, 3.05) is 18.0 Å². The zero-order valence-corrected chi connectivity index (χ0v) is 18.3. The third-order valence-electron chi connectivity index (χ3n) is 5.16. The molecule has 0 saturated heterocycles. The largest absolute Gasteiger partial charge is 0.372 e. The van der Waals surface area contributed by atoms with Gasteiger partial charge in [-0.15, -0.1) is 11.3 Å². The lowest BCUT2D eigenvalue weighted by atomic mass is 10.1. The maximum absolute atomic E-state index is 4.65. The second-order valence-electron chi connectivity index (χ2n) is 7.12. The van der Waals surface area contributed by atoms with E-state index in [4.69, 9.17) is 0 Å². The number of thiazole rings is 1. The molecule has 1 aromatic heterocycles. The molecule has 1 heterocycles. The standard InChI is InChI=1S/C27H26N2S/c1-3-29(4-2)24-18-15-23(16-19-24)14-11-21-9-12-22(13-10-21)17-20-27-28-25-7-5-6-8-26(25)30-27/h5-20H,3-4H2,1-2H3/b14-11+,20-17+. The third-order valence-corrected chi connectivity index (χ3v) is 6.16. The van der Waals surface area contributed by atoms with Gasteiger partial charge in [0.1, 0.15) is 5.01 Å². The fourth-order valence-corrected chi connectivity index (χ4v) is 4.29. The Morgan fingerprint density at radius 2 is 1.23 bits per heavy atom. The molecule has 0 aliphatic heterocycles. The molecule has 0 unspecified atom stereocenters. The van der Waals surface area contributed by atoms with Gasteiger partial charge in [-0.25, -0.2) is 4.98 Å². The third kappa shape index (κ3) is 4.87. The maximum atomic E-state index is 4.65. The minimum Gasteiger partial charge on any atom is -0.372 e. The fraction of sp³-hybridized carbons (Fsp3) is 0.148. The summed E-state index contributed by atoms with van der Waals surface area (Å²) in [5, 5.41) is 1.04. The smallest absolute Gasteiger partial charge is 0.117 e. The Hall–Kier alpha value is -3.17. The number of nitrogens with zero attached hydrogens (tertiary/aromatic N) is 2. The lowest BCUT2D eigenvalue weighted by Gasteiger charge is -2.20. The van der Waals surface area contributed by atoms with E-state index in [9.17, 15) is 0 Å². The maximum Gasteiger partial charge on any atom is 0.117 e. The second-order valence-corrected chi connectivity index (χ2v) is 8.18. The molecule has 0 spiro atoms. The summed E-state index contributed by atoms with van der Waals surface area (Å²) in [5.74, 6) is 0. The van der Waals surface area contributed by atoms with Crippen LogP contribution in [0.5, 0.6) is 0 Å². The van der Waals surface area contributed by atoms with Crippen molar-refractivity contribution in [1.29, 1.82) is 0 Å². The monoisotopic (exact) mass is 410 g/mol. The van der Waals surface area contributed by atoms with Crippen LogP contribution < -0.4 is 4.90 Å². The Kier molecular flexibility index (Phi) is 6.41. The van der Waals surface area contributed by atoms with Crippen LogP contribution in [0.3, 0.4) is 0 Å². The molecule has 0 bridgehead atoms. The first kappa shape index (κ1) is 20.1. The van der Waals surface area contributed by atoms with Gasteiger partial charge in [-0.1, -0.05) is 66.8 Å². The van der Waals surface area contributed by atoms with Gasteiger partial charge >= 0.3 is 0 Å². The van der Waals surface area contributed by atoms with Gasteiger partial charge in [-0.05, 0) is 60.9 Å². The van der Waals surface area contributed by atoms with Crippen LogP contribution >= 0.6 is 11.3 Å². The van der Waals surface area contributed by atoms with Crippen LogP contribution in [0.1, 0.15) is 35.5 Å². The quantitative estimate of drug-likeness (QED) is 0.294. The predicted molar refractivity (Wildman–Crippen MR) is 134 cm³/mol. The lowest BCUT2D eigenvalue weighted by molar-refractivity contribution is 0.866. The number of aromatic nitrogens is 1. The summed E-state index contributed by atoms with van der Waals surface area (Å²) in [5.41, 5.74) is 5.93. The molecule has 0 N–H and O–H groups in total. The zero-order chi connectivity index (χ0) is 20.8. The molecule has 150 valence electrons. The molecule has 0 amide bonds. The minimum atomic E-state index is 1.03. The second kappa shape index (κ2) is 9.55. The highest BCUT2D eigenvalue weighted by Gasteiger charge is 2.01. The number of anilines is 1. The molecular formula is C27H26N2S. The van der Waals surface area contributed by atoms with Crippen LogP contribution in [0.2, 0.25) is 0 Å². The lowest BCUT2D eigenvalue weighted by Crippen LogP contribution is -2.21. The molecule has 0 aliphatic carbocycles. The Morgan fingerprint density at radius 1 is 0.700 bits per heavy atom. The van der Waals surface area contributed by atoms with Crippen molar-refractivity contribution < 1.29 is 0 Å². The number of rotatable bonds is 7. The summed E-state index contributed by atoms with van der Waals surface area (Å²) < 4.78 is 1.22. The molecule has 3 aromatic carbocycles. The normalized spacial score (nSPS) is 11.7. The van der Waals surface area contributed by atoms with E-state index in [1.165, 1.54) is 27.1 Å². The van der Waals surface area contributed by atoms with Crippen LogP contribution in [0.25, 0.3) is 34.5 Å². The van der Waals surface area contributed by atoms with E-state index in [-0.39, 0.29) is 0 Å². The molecule has 0 aliphatic rings. The minimum absolute atomic E-state index is 1.03. The zero-order valence-electron chi connectivity index (χ0n) is 17.5. The molecular weight excluding hydrogens is 384 g/mol. The number of hydrogen-bond acceptors (Lipinski definition) is 3. The van der Waals surface area contributed by atoms with Crippen molar-refractivity contribution in [3.05, 3.63) is 94.5 Å². The van der Waals surface area contributed by atoms with Gasteiger partial charge in [0.15, 0.2) is 0 Å². The topological polar surface area (TPSA) is 16.1 Å². The summed E-state index contributed by atoms with van der Waals surface area (Å²) in [6.07, 6.45) is 8.54. The Bertz CT molecular complexity index is 1110. The van der Waals surface area contributed by atoms with E-state index in [2.05, 4.69) is 115 Å². The molecule has 0 fully saturated rings. The highest BCUT2D eigenvalue weighted by Crippen LogP contribution is 2.23. The van der Waals surface area contributed by atoms with Gasteiger partial charge in [-0.3, -0.25) is 0 Å². The summed E-state index contributed by atoms with van der Waals surface area (Å²) in [4.78, 5) is 7.01. The summed E-state index contributed by atoms with van der Waals surface area (Å²) in [6, 6.07) is 25.6. The first-order valence-corrected chi connectivity index (χ1v) is 11.2. The Labute approximate surface area is 182 Å². The average Bonchev–Trinajstić information content (AvgIpc) is 3.22. The van der Waals surface area contributed by atoms with Gasteiger partial charge in [-0.2, -0.15) is 0 Å². The first-order chi connectivity index (χ1) is 14.7. The molecule has 0 saturated carbocycles. The first-order valence-electron chi connectivity index (χ1n) is 10.4.